The van der Waals surface area contributed by atoms with Crippen molar-refractivity contribution in [3.63, 3.8) is 0 Å². The maximum Gasteiger partial charge on any atom is 0.0893 e. The maximum absolute atomic E-state index is 5.60. The largest absolute Gasteiger partial charge is 0.271 e. The number of aromatic nitrogens is 3. The Kier molecular flexibility index (Phi) is 3.17. The van der Waals surface area contributed by atoms with E-state index in [1.807, 2.05) is 23.1 Å². The Bertz CT molecular complexity index is 462. The molecule has 0 aliphatic carbocycles. The van der Waals surface area contributed by atoms with Crippen molar-refractivity contribution in [1.29, 1.82) is 0 Å². The number of fused-ring (bicyclic) bond motifs is 1. The van der Waals surface area contributed by atoms with E-state index in [2.05, 4.69) is 29.4 Å². The molecule has 0 saturated carbocycles. The van der Waals surface area contributed by atoms with E-state index in [0.717, 1.165) is 17.5 Å². The Morgan fingerprint density at radius 2 is 2.25 bits per heavy atom. The van der Waals surface area contributed by atoms with Gasteiger partial charge in [-0.05, 0) is 12.3 Å². The van der Waals surface area contributed by atoms with E-state index >= 15 is 0 Å². The molecule has 1 unspecified atom stereocenters. The summed E-state index contributed by atoms with van der Waals surface area (Å²) in [6.45, 7) is 4.35. The summed E-state index contributed by atoms with van der Waals surface area (Å²) < 4.78 is 1.81. The zero-order chi connectivity index (χ0) is 11.5. The van der Waals surface area contributed by atoms with E-state index in [9.17, 15) is 0 Å². The van der Waals surface area contributed by atoms with Gasteiger partial charge in [-0.15, -0.1) is 0 Å². The van der Waals surface area contributed by atoms with Crippen molar-refractivity contribution in [3.8, 4) is 0 Å². The summed E-state index contributed by atoms with van der Waals surface area (Å²) in [5.74, 6) is 6.17. The number of nitrogens with zero attached hydrogens (tertiary/aromatic N) is 3. The summed E-state index contributed by atoms with van der Waals surface area (Å²) in [5.41, 5.74) is 4.95. The second kappa shape index (κ2) is 4.59. The molecule has 0 aliphatic rings. The number of nitrogens with two attached hydrogens (primary N) is 1. The summed E-state index contributed by atoms with van der Waals surface area (Å²) in [5, 5.41) is 4.28. The monoisotopic (exact) mass is 219 g/mol. The number of hydrogen-bond acceptors (Lipinski definition) is 4. The zero-order valence-electron chi connectivity index (χ0n) is 9.59. The van der Waals surface area contributed by atoms with E-state index in [-0.39, 0.29) is 6.04 Å². The molecule has 1 atom stereocenters. The van der Waals surface area contributed by atoms with E-state index < -0.39 is 0 Å². The van der Waals surface area contributed by atoms with Crippen molar-refractivity contribution < 1.29 is 0 Å². The lowest BCUT2D eigenvalue weighted by Gasteiger charge is -2.16. The minimum absolute atomic E-state index is 0.127. The van der Waals surface area contributed by atoms with Crippen LogP contribution in [0.2, 0.25) is 0 Å². The van der Waals surface area contributed by atoms with E-state index in [4.69, 9.17) is 5.84 Å². The normalized spacial score (nSPS) is 13.5. The highest BCUT2D eigenvalue weighted by Gasteiger charge is 2.16. The first-order valence-corrected chi connectivity index (χ1v) is 5.45. The second-order valence-corrected chi connectivity index (χ2v) is 4.35. The molecule has 3 N–H and O–H groups in total. The highest BCUT2D eigenvalue weighted by atomic mass is 15.3. The molecule has 16 heavy (non-hydrogen) atoms. The lowest BCUT2D eigenvalue weighted by atomic mass is 9.99. The molecule has 86 valence electrons. The lowest BCUT2D eigenvalue weighted by molar-refractivity contribution is 0.440. The number of hydrazine groups is 1. The third kappa shape index (κ3) is 2.05. The van der Waals surface area contributed by atoms with Gasteiger partial charge in [-0.2, -0.15) is 5.10 Å². The van der Waals surface area contributed by atoms with Gasteiger partial charge in [0.15, 0.2) is 0 Å². The van der Waals surface area contributed by atoms with Gasteiger partial charge in [0.25, 0.3) is 0 Å². The third-order valence-electron chi connectivity index (χ3n) is 2.64. The van der Waals surface area contributed by atoms with Crippen LogP contribution in [-0.4, -0.2) is 14.6 Å². The van der Waals surface area contributed by atoms with Crippen LogP contribution in [0.1, 0.15) is 31.9 Å². The van der Waals surface area contributed by atoms with Gasteiger partial charge in [-0.1, -0.05) is 13.8 Å². The van der Waals surface area contributed by atoms with E-state index in [1.165, 1.54) is 0 Å². The summed E-state index contributed by atoms with van der Waals surface area (Å²) in [4.78, 5) is 4.11. The van der Waals surface area contributed by atoms with Crippen LogP contribution in [-0.2, 0) is 0 Å². The fourth-order valence-electron chi connectivity index (χ4n) is 1.88. The van der Waals surface area contributed by atoms with Gasteiger partial charge >= 0.3 is 0 Å². The van der Waals surface area contributed by atoms with E-state index in [1.54, 1.807) is 6.20 Å². The number of nitrogens with one attached hydrogen (secondary N) is 1. The molecule has 5 nitrogen and oxygen atoms in total. The predicted molar refractivity (Wildman–Crippen MR) is 62.5 cm³/mol. The Hall–Kier alpha value is -1.46. The van der Waals surface area contributed by atoms with E-state index in [0.29, 0.717) is 5.92 Å². The Morgan fingerprint density at radius 3 is 2.94 bits per heavy atom. The van der Waals surface area contributed by atoms with Crippen molar-refractivity contribution in [2.45, 2.75) is 26.3 Å². The summed E-state index contributed by atoms with van der Waals surface area (Å²) in [6.07, 6.45) is 8.20. The molecular formula is C11H17N5. The molecule has 5 heteroatoms. The van der Waals surface area contributed by atoms with Crippen LogP contribution in [0.3, 0.4) is 0 Å². The molecule has 0 spiro atoms. The standard InChI is InChI=1S/C11H17N5/c1-8(2)5-10(15-12)9-6-14-16-4-3-13-7-11(9)16/h3-4,6-8,10,15H,5,12H2,1-2H3. The van der Waals surface area contributed by atoms with Crippen molar-refractivity contribution >= 4 is 5.52 Å². The van der Waals surface area contributed by atoms with Crippen LogP contribution in [0.25, 0.3) is 5.52 Å². The fourth-order valence-corrected chi connectivity index (χ4v) is 1.88. The average molecular weight is 219 g/mol. The number of rotatable bonds is 4. The summed E-state index contributed by atoms with van der Waals surface area (Å²) >= 11 is 0. The lowest BCUT2D eigenvalue weighted by Crippen LogP contribution is -2.29. The molecular weight excluding hydrogens is 202 g/mol. The van der Waals surface area contributed by atoms with Crippen molar-refractivity contribution in [1.82, 2.24) is 20.0 Å². The zero-order valence-corrected chi connectivity index (χ0v) is 9.59. The molecule has 2 aromatic rings. The SMILES string of the molecule is CC(C)CC(NN)c1cnn2ccncc12. The first-order chi connectivity index (χ1) is 7.72. The molecule has 2 aromatic heterocycles. The highest BCUT2D eigenvalue weighted by Crippen LogP contribution is 2.23. The van der Waals surface area contributed by atoms with Gasteiger partial charge in [-0.3, -0.25) is 16.3 Å². The molecule has 0 amide bonds. The quantitative estimate of drug-likeness (QED) is 0.600. The van der Waals surface area contributed by atoms with Crippen LogP contribution in [0.5, 0.6) is 0 Å². The molecule has 0 aliphatic heterocycles. The van der Waals surface area contributed by atoms with Crippen molar-refractivity contribution in [2.75, 3.05) is 0 Å². The second-order valence-electron chi connectivity index (χ2n) is 4.35. The van der Waals surface area contributed by atoms with Crippen LogP contribution in [0.15, 0.2) is 24.8 Å². The van der Waals surface area contributed by atoms with Gasteiger partial charge in [0, 0.05) is 24.0 Å². The average Bonchev–Trinajstić information content (AvgIpc) is 2.69. The molecule has 0 fully saturated rings. The van der Waals surface area contributed by atoms with Gasteiger partial charge in [0.1, 0.15) is 0 Å². The maximum atomic E-state index is 5.60. The minimum Gasteiger partial charge on any atom is -0.271 e. The molecule has 0 bridgehead atoms. The van der Waals surface area contributed by atoms with Crippen LogP contribution in [0.4, 0.5) is 0 Å². The van der Waals surface area contributed by atoms with Gasteiger partial charge in [-0.25, -0.2) is 4.52 Å². The first-order valence-electron chi connectivity index (χ1n) is 5.45. The Labute approximate surface area is 94.6 Å². The molecule has 2 rings (SSSR count). The predicted octanol–water partition coefficient (Wildman–Crippen LogP) is 1.28. The van der Waals surface area contributed by atoms with Crippen molar-refractivity contribution in [3.05, 3.63) is 30.4 Å². The first kappa shape index (κ1) is 11.0. The fraction of sp³-hybridized carbons (Fsp3) is 0.455. The van der Waals surface area contributed by atoms with Crippen LogP contribution >= 0.6 is 0 Å². The molecule has 0 radical (unpaired) electrons. The highest BCUT2D eigenvalue weighted by molar-refractivity contribution is 5.53. The summed E-state index contributed by atoms with van der Waals surface area (Å²) in [6, 6.07) is 0.127. The van der Waals surface area contributed by atoms with Gasteiger partial charge in [0.05, 0.1) is 17.9 Å². The third-order valence-corrected chi connectivity index (χ3v) is 2.64. The summed E-state index contributed by atoms with van der Waals surface area (Å²) in [7, 11) is 0. The minimum atomic E-state index is 0.127. The smallest absolute Gasteiger partial charge is 0.0893 e. The molecule has 0 aromatic carbocycles. The van der Waals surface area contributed by atoms with Crippen molar-refractivity contribution in [2.24, 2.45) is 11.8 Å². The molecule has 0 saturated heterocycles. The Morgan fingerprint density at radius 1 is 1.44 bits per heavy atom. The van der Waals surface area contributed by atoms with Gasteiger partial charge < -0.3 is 0 Å². The van der Waals surface area contributed by atoms with Crippen LogP contribution < -0.4 is 11.3 Å². The van der Waals surface area contributed by atoms with Gasteiger partial charge in [0.2, 0.25) is 0 Å². The molecule has 2 heterocycles. The topological polar surface area (TPSA) is 68.2 Å². The Balaban J connectivity index is 2.37. The van der Waals surface area contributed by atoms with Crippen LogP contribution in [0, 0.1) is 5.92 Å². The number of hydrogen-bond donors (Lipinski definition) is 2.